The number of imide groups is 2. The van der Waals surface area contributed by atoms with Crippen LogP contribution in [0.2, 0.25) is 0 Å². The zero-order chi connectivity index (χ0) is 19.0. The van der Waals surface area contributed by atoms with Crippen molar-refractivity contribution in [2.75, 3.05) is 9.80 Å². The Morgan fingerprint density at radius 2 is 1.19 bits per heavy atom. The average Bonchev–Trinajstić information content (AvgIpc) is 3.18. The number of benzene rings is 2. The third-order valence-electron chi connectivity index (χ3n) is 4.03. The van der Waals surface area contributed by atoms with Gasteiger partial charge in [0.1, 0.15) is 5.75 Å². The van der Waals surface area contributed by atoms with Crippen LogP contribution in [0.4, 0.5) is 11.4 Å². The standard InChI is InChI=1S/C20H12N2O5/c23-17-8-9-18(24)21(17)13-6-7-16(27-14-4-2-1-3-5-14)15(12-13)22-19(25)10-11-20(22)26/h1-12H. The maximum atomic E-state index is 12.2. The molecule has 0 saturated heterocycles. The fourth-order valence-corrected chi connectivity index (χ4v) is 2.81. The molecule has 2 aliphatic rings. The summed E-state index contributed by atoms with van der Waals surface area (Å²) in [5.74, 6) is -1.32. The number of para-hydroxylation sites is 1. The van der Waals surface area contributed by atoms with E-state index in [-0.39, 0.29) is 17.1 Å². The minimum Gasteiger partial charge on any atom is -0.455 e. The highest BCUT2D eigenvalue weighted by Gasteiger charge is 2.31. The van der Waals surface area contributed by atoms with Crippen molar-refractivity contribution in [3.05, 3.63) is 72.8 Å². The molecule has 0 unspecified atom stereocenters. The number of anilines is 2. The molecule has 27 heavy (non-hydrogen) atoms. The molecule has 7 heteroatoms. The predicted octanol–water partition coefficient (Wildman–Crippen LogP) is 2.34. The van der Waals surface area contributed by atoms with Gasteiger partial charge in [-0.05, 0) is 30.3 Å². The van der Waals surface area contributed by atoms with Crippen molar-refractivity contribution >= 4 is 35.0 Å². The van der Waals surface area contributed by atoms with Gasteiger partial charge < -0.3 is 4.74 Å². The Morgan fingerprint density at radius 3 is 1.78 bits per heavy atom. The number of amides is 4. The van der Waals surface area contributed by atoms with E-state index in [4.69, 9.17) is 4.74 Å². The second-order valence-electron chi connectivity index (χ2n) is 5.76. The number of hydrogen-bond donors (Lipinski definition) is 0. The van der Waals surface area contributed by atoms with Gasteiger partial charge in [0, 0.05) is 24.3 Å². The first kappa shape index (κ1) is 16.5. The van der Waals surface area contributed by atoms with E-state index in [1.54, 1.807) is 24.3 Å². The summed E-state index contributed by atoms with van der Waals surface area (Å²) >= 11 is 0. The molecule has 132 valence electrons. The van der Waals surface area contributed by atoms with Gasteiger partial charge in [0.25, 0.3) is 23.6 Å². The molecule has 4 rings (SSSR count). The monoisotopic (exact) mass is 360 g/mol. The summed E-state index contributed by atoms with van der Waals surface area (Å²) in [6.45, 7) is 0. The minimum atomic E-state index is -0.535. The Bertz CT molecular complexity index is 1000. The molecule has 7 nitrogen and oxygen atoms in total. The first-order chi connectivity index (χ1) is 13.0. The van der Waals surface area contributed by atoms with Gasteiger partial charge >= 0.3 is 0 Å². The molecule has 0 saturated carbocycles. The van der Waals surface area contributed by atoms with Crippen molar-refractivity contribution in [2.45, 2.75) is 0 Å². The number of hydrogen-bond acceptors (Lipinski definition) is 5. The number of nitrogens with zero attached hydrogens (tertiary/aromatic N) is 2. The molecule has 2 aromatic rings. The zero-order valence-electron chi connectivity index (χ0n) is 13.9. The van der Waals surface area contributed by atoms with Crippen molar-refractivity contribution in [3.63, 3.8) is 0 Å². The van der Waals surface area contributed by atoms with Crippen LogP contribution in [-0.4, -0.2) is 23.6 Å². The summed E-state index contributed by atoms with van der Waals surface area (Å²) in [6.07, 6.45) is 4.61. The fraction of sp³-hybridized carbons (Fsp3) is 0. The van der Waals surface area contributed by atoms with E-state index in [0.29, 0.717) is 5.75 Å². The smallest absolute Gasteiger partial charge is 0.258 e. The van der Waals surface area contributed by atoms with Gasteiger partial charge in [-0.1, -0.05) is 18.2 Å². The van der Waals surface area contributed by atoms with Crippen molar-refractivity contribution in [1.82, 2.24) is 0 Å². The molecule has 0 bridgehead atoms. The molecular formula is C20H12N2O5. The van der Waals surface area contributed by atoms with Crippen LogP contribution in [0, 0.1) is 0 Å². The summed E-state index contributed by atoms with van der Waals surface area (Å²) in [6, 6.07) is 13.3. The first-order valence-corrected chi connectivity index (χ1v) is 8.04. The lowest BCUT2D eigenvalue weighted by Gasteiger charge is -2.21. The van der Waals surface area contributed by atoms with Crippen LogP contribution >= 0.6 is 0 Å². The van der Waals surface area contributed by atoms with Crippen molar-refractivity contribution in [1.29, 1.82) is 0 Å². The molecule has 0 atom stereocenters. The van der Waals surface area contributed by atoms with Crippen molar-refractivity contribution in [2.24, 2.45) is 0 Å². The summed E-state index contributed by atoms with van der Waals surface area (Å²) in [5.41, 5.74) is 0.377. The van der Waals surface area contributed by atoms with Crippen molar-refractivity contribution < 1.29 is 23.9 Å². The second kappa shape index (κ2) is 6.38. The van der Waals surface area contributed by atoms with E-state index in [0.717, 1.165) is 34.1 Å². The average molecular weight is 360 g/mol. The number of carbonyl (C=O) groups is 4. The Kier molecular flexibility index (Phi) is 3.89. The van der Waals surface area contributed by atoms with Crippen LogP contribution < -0.4 is 14.5 Å². The molecule has 0 fully saturated rings. The lowest BCUT2D eigenvalue weighted by Crippen LogP contribution is -2.32. The SMILES string of the molecule is O=C1C=CC(=O)N1c1ccc(Oc2ccccc2)c(N2C(=O)C=CC2=O)c1. The maximum absolute atomic E-state index is 12.2. The normalized spacial score (nSPS) is 16.0. The molecule has 4 amide bonds. The van der Waals surface area contributed by atoms with E-state index in [1.807, 2.05) is 6.07 Å². The molecule has 0 spiro atoms. The molecule has 0 radical (unpaired) electrons. The third-order valence-corrected chi connectivity index (χ3v) is 4.03. The molecule has 0 aliphatic carbocycles. The molecule has 2 aliphatic heterocycles. The largest absolute Gasteiger partial charge is 0.455 e. The topological polar surface area (TPSA) is 84.0 Å². The number of rotatable bonds is 4. The van der Waals surface area contributed by atoms with E-state index in [2.05, 4.69) is 0 Å². The summed E-state index contributed by atoms with van der Waals surface area (Å²) in [7, 11) is 0. The van der Waals surface area contributed by atoms with Gasteiger partial charge in [-0.25, -0.2) is 9.80 Å². The summed E-state index contributed by atoms with van der Waals surface area (Å²) in [5, 5.41) is 0. The van der Waals surface area contributed by atoms with Gasteiger partial charge in [-0.15, -0.1) is 0 Å². The quantitative estimate of drug-likeness (QED) is 0.782. The van der Waals surface area contributed by atoms with Gasteiger partial charge in [0.2, 0.25) is 0 Å². The van der Waals surface area contributed by atoms with E-state index < -0.39 is 23.6 Å². The van der Waals surface area contributed by atoms with Crippen LogP contribution in [0.25, 0.3) is 0 Å². The van der Waals surface area contributed by atoms with Gasteiger partial charge in [-0.3, -0.25) is 19.2 Å². The Labute approximate surface area is 153 Å². The third kappa shape index (κ3) is 2.91. The maximum Gasteiger partial charge on any atom is 0.258 e. The van der Waals surface area contributed by atoms with E-state index in [9.17, 15) is 19.2 Å². The highest BCUT2D eigenvalue weighted by Crippen LogP contribution is 2.37. The fourth-order valence-electron chi connectivity index (χ4n) is 2.81. The predicted molar refractivity (Wildman–Crippen MR) is 96.2 cm³/mol. The molecular weight excluding hydrogens is 348 g/mol. The van der Waals surface area contributed by atoms with Gasteiger partial charge in [0.15, 0.2) is 5.75 Å². The second-order valence-corrected chi connectivity index (χ2v) is 5.76. The van der Waals surface area contributed by atoms with Crippen LogP contribution in [0.5, 0.6) is 11.5 Å². The van der Waals surface area contributed by atoms with Gasteiger partial charge in [-0.2, -0.15) is 0 Å². The highest BCUT2D eigenvalue weighted by atomic mass is 16.5. The Balaban J connectivity index is 1.79. The zero-order valence-corrected chi connectivity index (χ0v) is 13.9. The number of carbonyl (C=O) groups excluding carboxylic acids is 4. The van der Waals surface area contributed by atoms with Crippen LogP contribution in [0.15, 0.2) is 72.8 Å². The van der Waals surface area contributed by atoms with Crippen LogP contribution in [0.3, 0.4) is 0 Å². The summed E-state index contributed by atoms with van der Waals surface area (Å²) < 4.78 is 5.81. The summed E-state index contributed by atoms with van der Waals surface area (Å²) in [4.78, 5) is 50.1. The lowest BCUT2D eigenvalue weighted by atomic mass is 10.2. The number of ether oxygens (including phenoxy) is 1. The van der Waals surface area contributed by atoms with Gasteiger partial charge in [0.05, 0.1) is 11.4 Å². The van der Waals surface area contributed by atoms with E-state index in [1.165, 1.54) is 18.2 Å². The van der Waals surface area contributed by atoms with Crippen LogP contribution in [0.1, 0.15) is 0 Å². The Morgan fingerprint density at radius 1 is 0.630 bits per heavy atom. The molecule has 2 heterocycles. The highest BCUT2D eigenvalue weighted by molar-refractivity contribution is 6.30. The lowest BCUT2D eigenvalue weighted by molar-refractivity contribution is -0.121. The molecule has 2 aromatic carbocycles. The van der Waals surface area contributed by atoms with Crippen molar-refractivity contribution in [3.8, 4) is 11.5 Å². The first-order valence-electron chi connectivity index (χ1n) is 8.04. The van der Waals surface area contributed by atoms with E-state index >= 15 is 0 Å². The van der Waals surface area contributed by atoms with Crippen LogP contribution in [-0.2, 0) is 19.2 Å². The molecule has 0 N–H and O–H groups in total. The Hall–Kier alpha value is -4.00. The minimum absolute atomic E-state index is 0.142. The molecule has 0 aromatic heterocycles.